The zero-order valence-corrected chi connectivity index (χ0v) is 15.0. The van der Waals surface area contributed by atoms with Crippen molar-refractivity contribution in [1.29, 1.82) is 0 Å². The fourth-order valence-electron chi connectivity index (χ4n) is 3.49. The largest absolute Gasteiger partial charge is 0.478 e. The molecule has 5 heteroatoms. The number of amides is 1. The quantitative estimate of drug-likeness (QED) is 0.918. The number of carboxylic acids is 1. The van der Waals surface area contributed by atoms with Crippen molar-refractivity contribution < 1.29 is 14.7 Å². The van der Waals surface area contributed by atoms with Gasteiger partial charge < -0.3 is 10.0 Å². The summed E-state index contributed by atoms with van der Waals surface area (Å²) in [6.07, 6.45) is 0.904. The minimum atomic E-state index is -1.02. The molecule has 1 N–H and O–H groups in total. The SMILES string of the molecule is CC1CN(Cc2ccccc2)CCCN1C(=O)c1cccc(C(=O)O)c1. The molecule has 0 aromatic heterocycles. The van der Waals surface area contributed by atoms with Crippen LogP contribution in [-0.4, -0.2) is 52.5 Å². The Labute approximate surface area is 153 Å². The fraction of sp³-hybridized carbons (Fsp3) is 0.333. The van der Waals surface area contributed by atoms with E-state index in [1.165, 1.54) is 17.7 Å². The summed E-state index contributed by atoms with van der Waals surface area (Å²) in [5.41, 5.74) is 1.85. The first-order chi connectivity index (χ1) is 12.5. The molecule has 2 aromatic rings. The van der Waals surface area contributed by atoms with Gasteiger partial charge in [0.1, 0.15) is 0 Å². The van der Waals surface area contributed by atoms with Crippen molar-refractivity contribution in [1.82, 2.24) is 9.80 Å². The first kappa shape index (κ1) is 18.1. The molecule has 0 bridgehead atoms. The molecule has 1 aliphatic heterocycles. The first-order valence-corrected chi connectivity index (χ1v) is 8.95. The van der Waals surface area contributed by atoms with E-state index in [1.54, 1.807) is 12.1 Å². The summed E-state index contributed by atoms with van der Waals surface area (Å²) in [6, 6.07) is 16.7. The maximum Gasteiger partial charge on any atom is 0.335 e. The molecule has 1 atom stereocenters. The molecule has 5 nitrogen and oxygen atoms in total. The van der Waals surface area contributed by atoms with Crippen LogP contribution in [0.15, 0.2) is 54.6 Å². The second kappa shape index (κ2) is 8.15. The second-order valence-corrected chi connectivity index (χ2v) is 6.81. The van der Waals surface area contributed by atoms with Gasteiger partial charge >= 0.3 is 5.97 Å². The van der Waals surface area contributed by atoms with E-state index in [-0.39, 0.29) is 17.5 Å². The number of benzene rings is 2. The summed E-state index contributed by atoms with van der Waals surface area (Å²) in [7, 11) is 0. The van der Waals surface area contributed by atoms with E-state index in [0.717, 1.165) is 26.1 Å². The lowest BCUT2D eigenvalue weighted by atomic mass is 10.1. The average molecular weight is 352 g/mol. The van der Waals surface area contributed by atoms with Crippen molar-refractivity contribution >= 4 is 11.9 Å². The zero-order chi connectivity index (χ0) is 18.5. The molecule has 0 saturated carbocycles. The van der Waals surface area contributed by atoms with Gasteiger partial charge in [-0.3, -0.25) is 9.69 Å². The van der Waals surface area contributed by atoms with Crippen LogP contribution in [0, 0.1) is 0 Å². The maximum atomic E-state index is 12.9. The number of aromatic carboxylic acids is 1. The van der Waals surface area contributed by atoms with Crippen LogP contribution in [0.5, 0.6) is 0 Å². The molecule has 2 aromatic carbocycles. The minimum absolute atomic E-state index is 0.0715. The van der Waals surface area contributed by atoms with Crippen LogP contribution in [0.2, 0.25) is 0 Å². The Kier molecular flexibility index (Phi) is 5.68. The van der Waals surface area contributed by atoms with Crippen LogP contribution in [0.1, 0.15) is 39.6 Å². The highest BCUT2D eigenvalue weighted by Crippen LogP contribution is 2.17. The van der Waals surface area contributed by atoms with Gasteiger partial charge in [-0.15, -0.1) is 0 Å². The number of hydrogen-bond acceptors (Lipinski definition) is 3. The van der Waals surface area contributed by atoms with Crippen LogP contribution in [-0.2, 0) is 6.54 Å². The normalized spacial score (nSPS) is 18.3. The van der Waals surface area contributed by atoms with Crippen LogP contribution in [0.4, 0.5) is 0 Å². The Bertz CT molecular complexity index is 776. The molecule has 1 heterocycles. The van der Waals surface area contributed by atoms with E-state index >= 15 is 0 Å². The van der Waals surface area contributed by atoms with Crippen molar-refractivity contribution in [2.24, 2.45) is 0 Å². The maximum absolute atomic E-state index is 12.9. The van der Waals surface area contributed by atoms with E-state index in [0.29, 0.717) is 12.1 Å². The van der Waals surface area contributed by atoms with Gasteiger partial charge in [-0.25, -0.2) is 4.79 Å². The highest BCUT2D eigenvalue weighted by Gasteiger charge is 2.26. The summed E-state index contributed by atoms with van der Waals surface area (Å²) in [4.78, 5) is 28.3. The van der Waals surface area contributed by atoms with Gasteiger partial charge in [0.05, 0.1) is 5.56 Å². The molecule has 1 aliphatic rings. The summed E-state index contributed by atoms with van der Waals surface area (Å²) < 4.78 is 0. The molecule has 0 aliphatic carbocycles. The summed E-state index contributed by atoms with van der Waals surface area (Å²) in [5, 5.41) is 9.14. The molecule has 0 radical (unpaired) electrons. The van der Waals surface area contributed by atoms with Gasteiger partial charge in [0.15, 0.2) is 0 Å². The Morgan fingerprint density at radius 3 is 2.50 bits per heavy atom. The van der Waals surface area contributed by atoms with Crippen molar-refractivity contribution in [2.75, 3.05) is 19.6 Å². The number of carbonyl (C=O) groups excluding carboxylic acids is 1. The number of carboxylic acid groups (broad SMARTS) is 1. The van der Waals surface area contributed by atoms with Gasteiger partial charge in [-0.2, -0.15) is 0 Å². The van der Waals surface area contributed by atoms with Crippen LogP contribution in [0.25, 0.3) is 0 Å². The highest BCUT2D eigenvalue weighted by molar-refractivity contribution is 5.97. The molecule has 1 unspecified atom stereocenters. The molecule has 1 saturated heterocycles. The Balaban J connectivity index is 1.70. The lowest BCUT2D eigenvalue weighted by molar-refractivity contribution is 0.0691. The molecule has 1 fully saturated rings. The van der Waals surface area contributed by atoms with Gasteiger partial charge in [-0.1, -0.05) is 36.4 Å². The third-order valence-corrected chi connectivity index (χ3v) is 4.79. The van der Waals surface area contributed by atoms with E-state index in [2.05, 4.69) is 24.0 Å². The van der Waals surface area contributed by atoms with Crippen molar-refractivity contribution in [2.45, 2.75) is 25.9 Å². The molecule has 1 amide bonds. The third-order valence-electron chi connectivity index (χ3n) is 4.79. The number of hydrogen-bond donors (Lipinski definition) is 1. The monoisotopic (exact) mass is 352 g/mol. The third kappa shape index (κ3) is 4.29. The molecule has 26 heavy (non-hydrogen) atoms. The lowest BCUT2D eigenvalue weighted by Gasteiger charge is -2.29. The van der Waals surface area contributed by atoms with E-state index in [9.17, 15) is 9.59 Å². The average Bonchev–Trinajstić information content (AvgIpc) is 2.83. The molecule has 3 rings (SSSR count). The van der Waals surface area contributed by atoms with E-state index < -0.39 is 5.97 Å². The Morgan fingerprint density at radius 2 is 1.77 bits per heavy atom. The van der Waals surface area contributed by atoms with Gasteiger partial charge in [-0.05, 0) is 37.1 Å². The number of carbonyl (C=O) groups is 2. The topological polar surface area (TPSA) is 60.9 Å². The van der Waals surface area contributed by atoms with E-state index in [1.807, 2.05) is 23.1 Å². The number of rotatable bonds is 4. The van der Waals surface area contributed by atoms with Crippen molar-refractivity contribution in [3.8, 4) is 0 Å². The molecular formula is C21H24N2O3. The zero-order valence-electron chi connectivity index (χ0n) is 15.0. The van der Waals surface area contributed by atoms with E-state index in [4.69, 9.17) is 5.11 Å². The fourth-order valence-corrected chi connectivity index (χ4v) is 3.49. The molecule has 136 valence electrons. The Hall–Kier alpha value is -2.66. The van der Waals surface area contributed by atoms with Crippen LogP contribution < -0.4 is 0 Å². The highest BCUT2D eigenvalue weighted by atomic mass is 16.4. The standard InChI is InChI=1S/C21H24N2O3/c1-16-14-22(15-17-7-3-2-4-8-17)11-6-12-23(16)20(24)18-9-5-10-19(13-18)21(25)26/h2-5,7-10,13,16H,6,11-12,14-15H2,1H3,(H,25,26). The summed E-state index contributed by atoms with van der Waals surface area (Å²) in [6.45, 7) is 5.37. The summed E-state index contributed by atoms with van der Waals surface area (Å²) >= 11 is 0. The molecular weight excluding hydrogens is 328 g/mol. The predicted molar refractivity (Wildman–Crippen MR) is 100 cm³/mol. The lowest BCUT2D eigenvalue weighted by Crippen LogP contribution is -2.42. The first-order valence-electron chi connectivity index (χ1n) is 8.95. The molecule has 0 spiro atoms. The minimum Gasteiger partial charge on any atom is -0.478 e. The van der Waals surface area contributed by atoms with Gasteiger partial charge in [0, 0.05) is 37.8 Å². The number of nitrogens with zero attached hydrogens (tertiary/aromatic N) is 2. The van der Waals surface area contributed by atoms with Crippen molar-refractivity contribution in [3.63, 3.8) is 0 Å². The summed E-state index contributed by atoms with van der Waals surface area (Å²) in [5.74, 6) is -1.11. The van der Waals surface area contributed by atoms with Gasteiger partial charge in [0.2, 0.25) is 0 Å². The second-order valence-electron chi connectivity index (χ2n) is 6.81. The van der Waals surface area contributed by atoms with Crippen molar-refractivity contribution in [3.05, 3.63) is 71.3 Å². The predicted octanol–water partition coefficient (Wildman–Crippen LogP) is 3.12. The van der Waals surface area contributed by atoms with Crippen LogP contribution >= 0.6 is 0 Å². The smallest absolute Gasteiger partial charge is 0.335 e. The Morgan fingerprint density at radius 1 is 1.04 bits per heavy atom. The van der Waals surface area contributed by atoms with Crippen LogP contribution in [0.3, 0.4) is 0 Å². The van der Waals surface area contributed by atoms with Gasteiger partial charge in [0.25, 0.3) is 5.91 Å².